The van der Waals surface area contributed by atoms with Gasteiger partial charge in [0.15, 0.2) is 0 Å². The summed E-state index contributed by atoms with van der Waals surface area (Å²) in [5, 5.41) is 0. The summed E-state index contributed by atoms with van der Waals surface area (Å²) < 4.78 is 5.20. The van der Waals surface area contributed by atoms with Crippen molar-refractivity contribution < 1.29 is 4.43 Å². The molecule has 0 aliphatic carbocycles. The van der Waals surface area contributed by atoms with Gasteiger partial charge in [-0.25, -0.2) is 0 Å². The molecule has 0 aromatic carbocycles. The molecule has 0 aromatic rings. The SMILES string of the molecule is C=C(CCC)C(C)O[SiH3]. The molecule has 2 heteroatoms. The molecule has 0 spiro atoms. The van der Waals surface area contributed by atoms with Gasteiger partial charge in [-0.05, 0) is 13.3 Å². The summed E-state index contributed by atoms with van der Waals surface area (Å²) in [6.45, 7) is 8.13. The highest BCUT2D eigenvalue weighted by Crippen LogP contribution is 2.08. The Balaban J connectivity index is 3.46. The molecule has 0 aliphatic heterocycles. The first-order valence-electron chi connectivity index (χ1n) is 3.42. The van der Waals surface area contributed by atoms with Gasteiger partial charge in [0.05, 0.1) is 6.10 Å². The van der Waals surface area contributed by atoms with Crippen molar-refractivity contribution in [1.29, 1.82) is 0 Å². The van der Waals surface area contributed by atoms with Crippen molar-refractivity contribution in [2.45, 2.75) is 32.8 Å². The van der Waals surface area contributed by atoms with Crippen molar-refractivity contribution in [2.24, 2.45) is 0 Å². The lowest BCUT2D eigenvalue weighted by molar-refractivity contribution is 0.278. The molecule has 0 aromatic heterocycles. The number of hydrogen-bond donors (Lipinski definition) is 0. The maximum absolute atomic E-state index is 5.20. The van der Waals surface area contributed by atoms with Gasteiger partial charge in [-0.15, -0.1) is 0 Å². The Morgan fingerprint density at radius 2 is 2.33 bits per heavy atom. The zero-order valence-electron chi connectivity index (χ0n) is 6.61. The van der Waals surface area contributed by atoms with Crippen LogP contribution in [0, 0.1) is 0 Å². The summed E-state index contributed by atoms with van der Waals surface area (Å²) in [6.07, 6.45) is 2.56. The van der Waals surface area contributed by atoms with Gasteiger partial charge in [0.25, 0.3) is 0 Å². The van der Waals surface area contributed by atoms with Gasteiger partial charge in [0.1, 0.15) is 10.5 Å². The van der Waals surface area contributed by atoms with Gasteiger partial charge < -0.3 is 4.43 Å². The quantitative estimate of drug-likeness (QED) is 0.423. The number of rotatable bonds is 4. The van der Waals surface area contributed by atoms with Crippen molar-refractivity contribution in [3.8, 4) is 0 Å². The molecule has 54 valence electrons. The van der Waals surface area contributed by atoms with E-state index in [-0.39, 0.29) is 6.10 Å². The molecular weight excluding hydrogens is 128 g/mol. The van der Waals surface area contributed by atoms with Crippen molar-refractivity contribution in [1.82, 2.24) is 0 Å². The van der Waals surface area contributed by atoms with Gasteiger partial charge >= 0.3 is 0 Å². The van der Waals surface area contributed by atoms with Crippen LogP contribution in [0.25, 0.3) is 0 Å². The van der Waals surface area contributed by atoms with E-state index < -0.39 is 0 Å². The summed E-state index contributed by atoms with van der Waals surface area (Å²) in [5.74, 6) is 0. The van der Waals surface area contributed by atoms with Crippen molar-refractivity contribution >= 4 is 10.5 Å². The van der Waals surface area contributed by atoms with Crippen LogP contribution in [-0.2, 0) is 4.43 Å². The Labute approximate surface area is 60.6 Å². The van der Waals surface area contributed by atoms with E-state index >= 15 is 0 Å². The predicted octanol–water partition coefficient (Wildman–Crippen LogP) is 1.03. The van der Waals surface area contributed by atoms with Gasteiger partial charge in [-0.2, -0.15) is 0 Å². The minimum Gasteiger partial charge on any atom is -0.422 e. The summed E-state index contributed by atoms with van der Waals surface area (Å²) in [5.41, 5.74) is 1.23. The lowest BCUT2D eigenvalue weighted by Crippen LogP contribution is -2.07. The molecule has 1 atom stereocenters. The second kappa shape index (κ2) is 4.76. The molecule has 0 N–H and O–H groups in total. The third kappa shape index (κ3) is 3.49. The van der Waals surface area contributed by atoms with Crippen LogP contribution in [0.2, 0.25) is 0 Å². The Hall–Kier alpha value is -0.0831. The van der Waals surface area contributed by atoms with Crippen molar-refractivity contribution in [2.75, 3.05) is 0 Å². The third-order valence-electron chi connectivity index (χ3n) is 1.50. The molecule has 0 saturated carbocycles. The largest absolute Gasteiger partial charge is 0.422 e. The van der Waals surface area contributed by atoms with E-state index in [1.807, 2.05) is 0 Å². The molecule has 1 nitrogen and oxygen atoms in total. The molecule has 0 aliphatic rings. The first-order chi connectivity index (χ1) is 4.22. The second-order valence-corrected chi connectivity index (χ2v) is 2.76. The highest BCUT2D eigenvalue weighted by atomic mass is 28.2. The third-order valence-corrected chi connectivity index (χ3v) is 2.21. The van der Waals surface area contributed by atoms with E-state index in [2.05, 4.69) is 20.4 Å². The van der Waals surface area contributed by atoms with Gasteiger partial charge in [-0.3, -0.25) is 0 Å². The van der Waals surface area contributed by atoms with Gasteiger partial charge in [0.2, 0.25) is 0 Å². The van der Waals surface area contributed by atoms with Crippen LogP contribution in [-0.4, -0.2) is 16.6 Å². The first-order valence-corrected chi connectivity index (χ1v) is 4.24. The van der Waals surface area contributed by atoms with Gasteiger partial charge in [0, 0.05) is 0 Å². The van der Waals surface area contributed by atoms with Crippen LogP contribution in [0.15, 0.2) is 12.2 Å². The van der Waals surface area contributed by atoms with Crippen molar-refractivity contribution in [3.05, 3.63) is 12.2 Å². The van der Waals surface area contributed by atoms with Crippen LogP contribution in [0.1, 0.15) is 26.7 Å². The van der Waals surface area contributed by atoms with Crippen LogP contribution < -0.4 is 0 Å². The molecule has 0 rings (SSSR count). The predicted molar refractivity (Wildman–Crippen MR) is 44.5 cm³/mol. The van der Waals surface area contributed by atoms with Crippen molar-refractivity contribution in [3.63, 3.8) is 0 Å². The van der Waals surface area contributed by atoms with E-state index in [4.69, 9.17) is 4.43 Å². The van der Waals surface area contributed by atoms with Gasteiger partial charge in [-0.1, -0.05) is 25.5 Å². The minimum absolute atomic E-state index is 0.289. The van der Waals surface area contributed by atoms with Crippen LogP contribution in [0.4, 0.5) is 0 Å². The lowest BCUT2D eigenvalue weighted by Gasteiger charge is -2.11. The summed E-state index contributed by atoms with van der Waals surface area (Å²) >= 11 is 0. The Morgan fingerprint density at radius 1 is 1.78 bits per heavy atom. The Morgan fingerprint density at radius 3 is 2.67 bits per heavy atom. The molecule has 0 fully saturated rings. The van der Waals surface area contributed by atoms with Crippen LogP contribution in [0.3, 0.4) is 0 Å². The molecule has 0 heterocycles. The zero-order chi connectivity index (χ0) is 7.28. The highest BCUT2D eigenvalue weighted by molar-refractivity contribution is 5.98. The maximum Gasteiger partial charge on any atom is 0.146 e. The monoisotopic (exact) mass is 144 g/mol. The standard InChI is InChI=1S/C7H16OSi/c1-4-5-6(2)7(3)8-9/h7H,2,4-5H2,1,3,9H3. The molecule has 0 bridgehead atoms. The summed E-state index contributed by atoms with van der Waals surface area (Å²) in [7, 11) is 0.817. The minimum atomic E-state index is 0.289. The Bertz CT molecular complexity index is 90.9. The first kappa shape index (κ1) is 8.92. The van der Waals surface area contributed by atoms with E-state index in [1.165, 1.54) is 12.0 Å². The number of hydrogen-bond acceptors (Lipinski definition) is 1. The molecule has 0 amide bonds. The fraction of sp³-hybridized carbons (Fsp3) is 0.714. The molecule has 0 radical (unpaired) electrons. The van der Waals surface area contributed by atoms with Crippen LogP contribution >= 0.6 is 0 Å². The second-order valence-electron chi connectivity index (χ2n) is 2.29. The fourth-order valence-electron chi connectivity index (χ4n) is 0.691. The lowest BCUT2D eigenvalue weighted by atomic mass is 10.1. The summed E-state index contributed by atoms with van der Waals surface area (Å²) in [6, 6.07) is 0. The fourth-order valence-corrected chi connectivity index (χ4v) is 1.02. The van der Waals surface area contributed by atoms with E-state index in [0.29, 0.717) is 0 Å². The summed E-state index contributed by atoms with van der Waals surface area (Å²) in [4.78, 5) is 0. The normalized spacial score (nSPS) is 13.6. The molecule has 9 heavy (non-hydrogen) atoms. The Kier molecular flexibility index (Phi) is 4.72. The molecular formula is C7H16OSi. The molecule has 0 saturated heterocycles. The average molecular weight is 144 g/mol. The smallest absolute Gasteiger partial charge is 0.146 e. The highest BCUT2D eigenvalue weighted by Gasteiger charge is 2.00. The molecule has 1 unspecified atom stereocenters. The van der Waals surface area contributed by atoms with E-state index in [0.717, 1.165) is 16.9 Å². The maximum atomic E-state index is 5.20. The van der Waals surface area contributed by atoms with Crippen LogP contribution in [0.5, 0.6) is 0 Å². The average Bonchev–Trinajstić information content (AvgIpc) is 1.87. The van der Waals surface area contributed by atoms with E-state index in [9.17, 15) is 0 Å². The zero-order valence-corrected chi connectivity index (χ0v) is 8.61. The van der Waals surface area contributed by atoms with E-state index in [1.54, 1.807) is 0 Å². The topological polar surface area (TPSA) is 9.23 Å².